The largest absolute Gasteiger partial charge is 0.483 e. The predicted molar refractivity (Wildman–Crippen MR) is 58.9 cm³/mol. The second-order valence-electron chi connectivity index (χ2n) is 4.82. The van der Waals surface area contributed by atoms with Crippen LogP contribution in [0.1, 0.15) is 41.5 Å². The van der Waals surface area contributed by atoms with E-state index in [0.717, 1.165) is 5.57 Å². The van der Waals surface area contributed by atoms with Gasteiger partial charge < -0.3 is 14.8 Å². The van der Waals surface area contributed by atoms with Crippen molar-refractivity contribution in [3.63, 3.8) is 0 Å². The van der Waals surface area contributed by atoms with E-state index < -0.39 is 18.3 Å². The Labute approximate surface area is 86.9 Å². The highest BCUT2D eigenvalue weighted by Gasteiger charge is 2.38. The van der Waals surface area contributed by atoms with Gasteiger partial charge in [-0.3, -0.25) is 0 Å². The highest BCUT2D eigenvalue weighted by molar-refractivity contribution is 6.49. The lowest BCUT2D eigenvalue weighted by Gasteiger charge is -2.38. The Morgan fingerprint density at radius 3 is 1.93 bits per heavy atom. The Kier molecular flexibility index (Phi) is 4.37. The van der Waals surface area contributed by atoms with Gasteiger partial charge in [-0.2, -0.15) is 0 Å². The first-order valence-corrected chi connectivity index (χ1v) is 4.79. The summed E-state index contributed by atoms with van der Waals surface area (Å²) in [6.45, 7) is 10.6. The molecule has 0 aromatic rings. The Balaban J connectivity index is 4.45. The molecule has 0 atom stereocenters. The molecule has 2 N–H and O–H groups in total. The highest BCUT2D eigenvalue weighted by atomic mass is 16.5. The first-order valence-electron chi connectivity index (χ1n) is 4.79. The zero-order valence-electron chi connectivity index (χ0n) is 9.96. The molecule has 0 fully saturated rings. The van der Waals surface area contributed by atoms with Crippen molar-refractivity contribution >= 4 is 7.12 Å². The van der Waals surface area contributed by atoms with Gasteiger partial charge in [-0.05, 0) is 41.5 Å². The summed E-state index contributed by atoms with van der Waals surface area (Å²) in [4.78, 5) is 0. The maximum absolute atomic E-state index is 9.77. The molecule has 0 aliphatic carbocycles. The Morgan fingerprint density at radius 1 is 1.21 bits per heavy atom. The third-order valence-electron chi connectivity index (χ3n) is 2.36. The third-order valence-corrected chi connectivity index (χ3v) is 2.36. The van der Waals surface area contributed by atoms with Gasteiger partial charge in [-0.15, -0.1) is 0 Å². The van der Waals surface area contributed by atoms with Gasteiger partial charge in [-0.1, -0.05) is 11.5 Å². The molecule has 0 saturated carbocycles. The molecule has 0 amide bonds. The van der Waals surface area contributed by atoms with Crippen molar-refractivity contribution in [2.45, 2.75) is 52.7 Å². The molecule has 0 saturated heterocycles. The average molecular weight is 200 g/mol. The molecule has 0 rings (SSSR count). The quantitative estimate of drug-likeness (QED) is 0.676. The van der Waals surface area contributed by atoms with Gasteiger partial charge in [0.15, 0.2) is 0 Å². The van der Waals surface area contributed by atoms with E-state index >= 15 is 0 Å². The molecule has 0 aromatic heterocycles. The normalized spacial score (nSPS) is 12.6. The molecule has 0 radical (unpaired) electrons. The van der Waals surface area contributed by atoms with Crippen LogP contribution in [0.15, 0.2) is 11.5 Å². The minimum absolute atomic E-state index is 0.793. The molecule has 14 heavy (non-hydrogen) atoms. The fourth-order valence-electron chi connectivity index (χ4n) is 0.765. The van der Waals surface area contributed by atoms with Crippen molar-refractivity contribution in [1.29, 1.82) is 0 Å². The summed E-state index contributed by atoms with van der Waals surface area (Å²) in [5.74, 6) is 1.60. The van der Waals surface area contributed by atoms with Crippen molar-refractivity contribution in [3.05, 3.63) is 11.5 Å². The molecule has 3 nitrogen and oxygen atoms in total. The van der Waals surface area contributed by atoms with E-state index in [2.05, 4.69) is 0 Å². The van der Waals surface area contributed by atoms with E-state index in [0.29, 0.717) is 0 Å². The molecule has 0 spiro atoms. The zero-order valence-corrected chi connectivity index (χ0v) is 9.96. The summed E-state index contributed by atoms with van der Waals surface area (Å²) in [5.41, 5.74) is -0.814. The van der Waals surface area contributed by atoms with Crippen LogP contribution in [0.25, 0.3) is 0 Å². The minimum atomic E-state index is -0.997. The maximum atomic E-state index is 9.77. The van der Waals surface area contributed by atoms with E-state index in [-0.39, 0.29) is 0 Å². The van der Waals surface area contributed by atoms with Gasteiger partial charge in [0.1, 0.15) is 0 Å². The number of aliphatic hydroxyl groups is 1. The number of rotatable bonds is 4. The number of allylic oxidation sites excluding steroid dienone is 1. The third kappa shape index (κ3) is 4.27. The molecule has 0 heterocycles. The lowest BCUT2D eigenvalue weighted by atomic mass is 9.82. The molecule has 4 heteroatoms. The SMILES string of the molecule is CC(C)=CB(O)OC(C)(C)C(C)(C)O. The summed E-state index contributed by atoms with van der Waals surface area (Å²) >= 11 is 0. The van der Waals surface area contributed by atoms with Gasteiger partial charge >= 0.3 is 7.12 Å². The number of hydrogen-bond acceptors (Lipinski definition) is 3. The second-order valence-corrected chi connectivity index (χ2v) is 4.82. The monoisotopic (exact) mass is 200 g/mol. The van der Waals surface area contributed by atoms with Crippen molar-refractivity contribution < 1.29 is 14.8 Å². The van der Waals surface area contributed by atoms with Crippen LogP contribution in [0.2, 0.25) is 0 Å². The van der Waals surface area contributed by atoms with Crippen LogP contribution >= 0.6 is 0 Å². The molecule has 82 valence electrons. The van der Waals surface area contributed by atoms with Crippen LogP contribution < -0.4 is 0 Å². The average Bonchev–Trinajstić information content (AvgIpc) is 1.79. The summed E-state index contributed by atoms with van der Waals surface area (Å²) in [6.07, 6.45) is 0. The van der Waals surface area contributed by atoms with Crippen LogP contribution in [0.5, 0.6) is 0 Å². The molecule has 0 aliphatic heterocycles. The van der Waals surface area contributed by atoms with Crippen LogP contribution in [0.3, 0.4) is 0 Å². The topological polar surface area (TPSA) is 49.7 Å². The molecule has 0 unspecified atom stereocenters. The first-order chi connectivity index (χ1) is 6.06. The Bertz CT molecular complexity index is 212. The molecular formula is C10H21BO3. The second kappa shape index (κ2) is 4.47. The standard InChI is InChI=1S/C10H21BO3/c1-8(2)7-11(13)14-10(5,6)9(3,4)12/h7,12-13H,1-6H3. The highest BCUT2D eigenvalue weighted by Crippen LogP contribution is 2.25. The maximum Gasteiger partial charge on any atom is 0.483 e. The van der Waals surface area contributed by atoms with Crippen LogP contribution in [-0.2, 0) is 4.65 Å². The minimum Gasteiger partial charge on any atom is -0.423 e. The van der Waals surface area contributed by atoms with Crippen LogP contribution in [-0.4, -0.2) is 28.5 Å². The first kappa shape index (κ1) is 13.7. The van der Waals surface area contributed by atoms with Gasteiger partial charge in [-0.25, -0.2) is 0 Å². The van der Waals surface area contributed by atoms with Crippen molar-refractivity contribution in [2.24, 2.45) is 0 Å². The van der Waals surface area contributed by atoms with Gasteiger partial charge in [0, 0.05) is 0 Å². The van der Waals surface area contributed by atoms with Crippen molar-refractivity contribution in [3.8, 4) is 0 Å². The van der Waals surface area contributed by atoms with Gasteiger partial charge in [0.05, 0.1) is 11.2 Å². The molecular weight excluding hydrogens is 179 g/mol. The van der Waals surface area contributed by atoms with Crippen molar-refractivity contribution in [1.82, 2.24) is 0 Å². The Morgan fingerprint density at radius 2 is 1.64 bits per heavy atom. The van der Waals surface area contributed by atoms with Crippen LogP contribution in [0.4, 0.5) is 0 Å². The van der Waals surface area contributed by atoms with E-state index in [1.807, 2.05) is 13.8 Å². The Hall–Kier alpha value is -0.315. The lowest BCUT2D eigenvalue weighted by Crippen LogP contribution is -2.50. The predicted octanol–water partition coefficient (Wildman–Crippen LogP) is 1.54. The van der Waals surface area contributed by atoms with E-state index in [4.69, 9.17) is 4.65 Å². The lowest BCUT2D eigenvalue weighted by molar-refractivity contribution is -0.0985. The number of hydrogen-bond donors (Lipinski definition) is 2. The zero-order chi connectivity index (χ0) is 11.6. The smallest absolute Gasteiger partial charge is 0.423 e. The van der Waals surface area contributed by atoms with Gasteiger partial charge in [0.25, 0.3) is 0 Å². The molecule has 0 aromatic carbocycles. The molecule has 0 bridgehead atoms. The summed E-state index contributed by atoms with van der Waals surface area (Å²) in [7, 11) is -0.971. The van der Waals surface area contributed by atoms with Crippen LogP contribution in [0, 0.1) is 0 Å². The molecule has 0 aliphatic rings. The van der Waals surface area contributed by atoms with Gasteiger partial charge in [0.2, 0.25) is 0 Å². The van der Waals surface area contributed by atoms with E-state index in [1.165, 1.54) is 0 Å². The van der Waals surface area contributed by atoms with E-state index in [9.17, 15) is 10.1 Å². The fraction of sp³-hybridized carbons (Fsp3) is 0.800. The summed E-state index contributed by atoms with van der Waals surface area (Å²) in [6, 6.07) is 0. The summed E-state index contributed by atoms with van der Waals surface area (Å²) < 4.78 is 5.34. The summed E-state index contributed by atoms with van der Waals surface area (Å²) in [5, 5.41) is 19.3. The van der Waals surface area contributed by atoms with E-state index in [1.54, 1.807) is 33.7 Å². The fourth-order valence-corrected chi connectivity index (χ4v) is 0.765. The van der Waals surface area contributed by atoms with Crippen molar-refractivity contribution in [2.75, 3.05) is 0 Å².